The molecule has 5 heteroatoms. The number of likely N-dealkylation sites (N-methyl/N-ethyl adjacent to an activating group) is 1. The Hall–Kier alpha value is -1.75. The Balaban J connectivity index is 1.99. The molecule has 114 valence electrons. The fourth-order valence-electron chi connectivity index (χ4n) is 3.14. The summed E-state index contributed by atoms with van der Waals surface area (Å²) in [6, 6.07) is 4.82. The minimum atomic E-state index is 0.636. The topological polar surface area (TPSA) is 46.6 Å². The van der Waals surface area contributed by atoms with E-state index in [0.717, 1.165) is 40.3 Å². The number of nitrogen functional groups attached to an aromatic ring is 1. The van der Waals surface area contributed by atoms with Gasteiger partial charge in [0.1, 0.15) is 11.7 Å². The summed E-state index contributed by atoms with van der Waals surface area (Å²) in [5, 5.41) is 4.78. The zero-order chi connectivity index (χ0) is 15.4. The molecule has 1 aliphatic rings. The lowest BCUT2D eigenvalue weighted by atomic mass is 10.2. The van der Waals surface area contributed by atoms with E-state index in [1.165, 1.54) is 12.0 Å². The molecule has 3 rings (SSSR count). The van der Waals surface area contributed by atoms with Gasteiger partial charge in [0, 0.05) is 18.7 Å². The molecule has 0 saturated carbocycles. The summed E-state index contributed by atoms with van der Waals surface area (Å²) in [5.41, 5.74) is 10.6. The number of fused-ring (bicyclic) bond motifs is 1. The van der Waals surface area contributed by atoms with Gasteiger partial charge >= 0.3 is 0 Å². The number of aromatic nitrogens is 2. The predicted octanol–water partition coefficient (Wildman–Crippen LogP) is 1.82. The number of aryl methyl sites for hydroxylation is 2. The van der Waals surface area contributed by atoms with Crippen LogP contribution in [0.25, 0.3) is 5.52 Å². The molecule has 1 atom stereocenters. The van der Waals surface area contributed by atoms with Crippen LogP contribution in [0.1, 0.15) is 17.7 Å². The van der Waals surface area contributed by atoms with Crippen LogP contribution >= 0.6 is 0 Å². The Morgan fingerprint density at radius 1 is 1.24 bits per heavy atom. The Kier molecular flexibility index (Phi) is 3.13. The van der Waals surface area contributed by atoms with E-state index in [0.29, 0.717) is 6.04 Å². The number of hydrogen-bond donors (Lipinski definition) is 1. The van der Waals surface area contributed by atoms with Gasteiger partial charge in [0.25, 0.3) is 0 Å². The fourth-order valence-corrected chi connectivity index (χ4v) is 3.14. The Morgan fingerprint density at radius 3 is 2.57 bits per heavy atom. The number of anilines is 2. The van der Waals surface area contributed by atoms with Crippen molar-refractivity contribution in [1.82, 2.24) is 9.61 Å². The summed E-state index contributed by atoms with van der Waals surface area (Å²) < 4.78 is 2.97. The maximum absolute atomic E-state index is 6.36. The minimum absolute atomic E-state index is 0.636. The van der Waals surface area contributed by atoms with Crippen molar-refractivity contribution in [2.45, 2.75) is 26.3 Å². The Labute approximate surface area is 126 Å². The molecular formula is C16H26N5+. The first-order valence-electron chi connectivity index (χ1n) is 7.59. The number of nitrogens with two attached hydrogens (primary N) is 1. The third-order valence-corrected chi connectivity index (χ3v) is 4.88. The van der Waals surface area contributed by atoms with E-state index >= 15 is 0 Å². The average Bonchev–Trinajstić information content (AvgIpc) is 2.99. The van der Waals surface area contributed by atoms with Crippen LogP contribution in [0.4, 0.5) is 11.5 Å². The second kappa shape index (κ2) is 4.63. The summed E-state index contributed by atoms with van der Waals surface area (Å²) in [6.45, 7) is 6.26. The van der Waals surface area contributed by atoms with Gasteiger partial charge in [-0.05, 0) is 25.5 Å². The monoisotopic (exact) mass is 288 g/mol. The van der Waals surface area contributed by atoms with Crippen LogP contribution in [0.3, 0.4) is 0 Å². The van der Waals surface area contributed by atoms with E-state index in [9.17, 15) is 0 Å². The third-order valence-electron chi connectivity index (χ3n) is 4.88. The van der Waals surface area contributed by atoms with Gasteiger partial charge in [-0.1, -0.05) is 6.07 Å². The standard InChI is InChI=1S/C16H26N5/c1-11-6-7-14-15(17)16(18-20(14)12(11)2)19-9-8-13(10-19)21(3,4)5/h6-7,13H,8-10,17H2,1-5H3/q+1/t13-/m1/s1. The lowest BCUT2D eigenvalue weighted by Crippen LogP contribution is -2.46. The molecule has 21 heavy (non-hydrogen) atoms. The van der Waals surface area contributed by atoms with Crippen molar-refractivity contribution in [3.05, 3.63) is 23.4 Å². The molecular weight excluding hydrogens is 262 g/mol. The molecule has 2 aromatic heterocycles. The van der Waals surface area contributed by atoms with E-state index in [-0.39, 0.29) is 0 Å². The maximum Gasteiger partial charge on any atom is 0.175 e. The molecule has 1 aliphatic heterocycles. The highest BCUT2D eigenvalue weighted by Gasteiger charge is 2.34. The van der Waals surface area contributed by atoms with Crippen molar-refractivity contribution in [2.75, 3.05) is 44.9 Å². The Morgan fingerprint density at radius 2 is 1.95 bits per heavy atom. The van der Waals surface area contributed by atoms with Crippen molar-refractivity contribution < 1.29 is 4.48 Å². The largest absolute Gasteiger partial charge is 0.394 e. The average molecular weight is 288 g/mol. The van der Waals surface area contributed by atoms with Crippen molar-refractivity contribution in [1.29, 1.82) is 0 Å². The number of rotatable bonds is 2. The van der Waals surface area contributed by atoms with Crippen LogP contribution in [-0.2, 0) is 0 Å². The zero-order valence-corrected chi connectivity index (χ0v) is 13.7. The highest BCUT2D eigenvalue weighted by Crippen LogP contribution is 2.31. The molecule has 1 saturated heterocycles. The van der Waals surface area contributed by atoms with Crippen molar-refractivity contribution >= 4 is 17.0 Å². The van der Waals surface area contributed by atoms with Crippen LogP contribution in [-0.4, -0.2) is 54.4 Å². The normalized spacial score (nSPS) is 19.7. The number of hydrogen-bond acceptors (Lipinski definition) is 3. The van der Waals surface area contributed by atoms with Crippen LogP contribution in [0.5, 0.6) is 0 Å². The van der Waals surface area contributed by atoms with Gasteiger partial charge in [-0.2, -0.15) is 0 Å². The SMILES string of the molecule is Cc1ccc2c(N)c(N3CC[C@@H]([N+](C)(C)C)C3)nn2c1C. The van der Waals surface area contributed by atoms with Gasteiger partial charge in [0.05, 0.1) is 33.2 Å². The van der Waals surface area contributed by atoms with E-state index in [1.54, 1.807) is 0 Å². The van der Waals surface area contributed by atoms with Crippen LogP contribution in [0, 0.1) is 13.8 Å². The molecule has 0 bridgehead atoms. The number of nitrogens with zero attached hydrogens (tertiary/aromatic N) is 4. The maximum atomic E-state index is 6.36. The lowest BCUT2D eigenvalue weighted by Gasteiger charge is -2.31. The molecule has 3 heterocycles. The summed E-state index contributed by atoms with van der Waals surface area (Å²) in [6.07, 6.45) is 1.19. The summed E-state index contributed by atoms with van der Waals surface area (Å²) in [4.78, 5) is 2.34. The number of quaternary nitrogens is 1. The molecule has 0 amide bonds. The highest BCUT2D eigenvalue weighted by molar-refractivity contribution is 5.82. The summed E-state index contributed by atoms with van der Waals surface area (Å²) in [7, 11) is 6.78. The molecule has 0 unspecified atom stereocenters. The third kappa shape index (κ3) is 2.25. The van der Waals surface area contributed by atoms with Crippen LogP contribution in [0.2, 0.25) is 0 Å². The molecule has 5 nitrogen and oxygen atoms in total. The number of pyridine rings is 1. The van der Waals surface area contributed by atoms with Gasteiger partial charge in [-0.15, -0.1) is 5.10 Å². The fraction of sp³-hybridized carbons (Fsp3) is 0.562. The molecule has 0 radical (unpaired) electrons. The molecule has 0 aliphatic carbocycles. The van der Waals surface area contributed by atoms with Crippen LogP contribution in [0.15, 0.2) is 12.1 Å². The van der Waals surface area contributed by atoms with Gasteiger partial charge in [-0.25, -0.2) is 4.52 Å². The molecule has 1 fully saturated rings. The summed E-state index contributed by atoms with van der Waals surface area (Å²) in [5.74, 6) is 0.944. The van der Waals surface area contributed by atoms with E-state index in [1.807, 2.05) is 4.52 Å². The highest BCUT2D eigenvalue weighted by atomic mass is 15.4. The lowest BCUT2D eigenvalue weighted by molar-refractivity contribution is -0.893. The first kappa shape index (κ1) is 14.2. The Bertz CT molecular complexity index is 680. The molecule has 0 spiro atoms. The molecule has 2 aromatic rings. The molecule has 2 N–H and O–H groups in total. The first-order valence-corrected chi connectivity index (χ1v) is 7.59. The second-order valence-electron chi connectivity index (χ2n) is 7.14. The quantitative estimate of drug-likeness (QED) is 0.858. The van der Waals surface area contributed by atoms with Crippen LogP contribution < -0.4 is 10.6 Å². The first-order chi connectivity index (χ1) is 9.79. The van der Waals surface area contributed by atoms with E-state index in [4.69, 9.17) is 10.8 Å². The van der Waals surface area contributed by atoms with E-state index < -0.39 is 0 Å². The van der Waals surface area contributed by atoms with Gasteiger partial charge < -0.3 is 15.1 Å². The minimum Gasteiger partial charge on any atom is -0.394 e. The van der Waals surface area contributed by atoms with Gasteiger partial charge in [0.2, 0.25) is 0 Å². The zero-order valence-electron chi connectivity index (χ0n) is 13.7. The van der Waals surface area contributed by atoms with Gasteiger partial charge in [-0.3, -0.25) is 0 Å². The van der Waals surface area contributed by atoms with E-state index in [2.05, 4.69) is 52.0 Å². The van der Waals surface area contributed by atoms with Gasteiger partial charge in [0.15, 0.2) is 5.82 Å². The second-order valence-corrected chi connectivity index (χ2v) is 7.14. The molecule has 0 aromatic carbocycles. The predicted molar refractivity (Wildman–Crippen MR) is 87.7 cm³/mol. The van der Waals surface area contributed by atoms with Crippen molar-refractivity contribution in [2.24, 2.45) is 0 Å². The van der Waals surface area contributed by atoms with Crippen molar-refractivity contribution in [3.63, 3.8) is 0 Å². The summed E-state index contributed by atoms with van der Waals surface area (Å²) >= 11 is 0. The van der Waals surface area contributed by atoms with Crippen molar-refractivity contribution in [3.8, 4) is 0 Å². The smallest absolute Gasteiger partial charge is 0.175 e.